The summed E-state index contributed by atoms with van der Waals surface area (Å²) in [6, 6.07) is 0.390. The van der Waals surface area contributed by atoms with Crippen LogP contribution in [0.3, 0.4) is 0 Å². The third-order valence-corrected chi connectivity index (χ3v) is 4.20. The minimum atomic E-state index is -6.00. The Balaban J connectivity index is 0.000000188. The second kappa shape index (κ2) is 3.95. The van der Waals surface area contributed by atoms with Crippen LogP contribution in [0.4, 0.5) is 17.3 Å². The van der Waals surface area contributed by atoms with Gasteiger partial charge in [-0.15, -0.1) is 0 Å². The molecule has 2 unspecified atom stereocenters. The maximum atomic E-state index is 11.8. The molecule has 4 fully saturated rings. The van der Waals surface area contributed by atoms with E-state index in [-0.39, 0.29) is 5.54 Å². The molecule has 0 aromatic heterocycles. The summed E-state index contributed by atoms with van der Waals surface area (Å²) < 4.78 is 40.4. The van der Waals surface area contributed by atoms with Crippen LogP contribution >= 0.6 is 0 Å². The van der Waals surface area contributed by atoms with Crippen LogP contribution in [0.1, 0.15) is 39.0 Å². The number of nitrogens with zero attached hydrogens (tertiary/aromatic N) is 1. The fourth-order valence-electron chi connectivity index (χ4n) is 4.00. The van der Waals surface area contributed by atoms with Gasteiger partial charge in [0.2, 0.25) is 11.6 Å². The number of hydrogen-bond acceptors (Lipinski definition) is 1. The zero-order valence-electron chi connectivity index (χ0n) is 9.71. The molecule has 0 N–H and O–H groups in total. The molecule has 17 heavy (non-hydrogen) atoms. The van der Waals surface area contributed by atoms with Crippen LogP contribution in [0.5, 0.6) is 0 Å². The van der Waals surface area contributed by atoms with Gasteiger partial charge in [-0.2, -0.15) is 0 Å². The number of piperidine rings is 2. The van der Waals surface area contributed by atoms with Crippen molar-refractivity contribution in [1.29, 1.82) is 0 Å². The monoisotopic (exact) mass is 253 g/mol. The molecule has 4 bridgehead atoms. The van der Waals surface area contributed by atoms with Crippen molar-refractivity contribution in [2.45, 2.75) is 50.6 Å². The molecule has 0 aromatic rings. The van der Waals surface area contributed by atoms with Gasteiger partial charge in [0.1, 0.15) is 0 Å². The molecule has 2 saturated carbocycles. The van der Waals surface area contributed by atoms with E-state index in [4.69, 9.17) is 0 Å². The molecule has 0 aromatic carbocycles. The summed E-state index contributed by atoms with van der Waals surface area (Å²) in [5.74, 6) is 1.77. The van der Waals surface area contributed by atoms with Crippen molar-refractivity contribution in [3.63, 3.8) is 0 Å². The first-order valence-corrected chi connectivity index (χ1v) is 6.01. The summed E-state index contributed by atoms with van der Waals surface area (Å²) in [6.45, 7) is 2.17. The zero-order valence-corrected chi connectivity index (χ0v) is 9.71. The van der Waals surface area contributed by atoms with Crippen molar-refractivity contribution in [1.82, 2.24) is 0 Å². The van der Waals surface area contributed by atoms with Crippen molar-refractivity contribution in [3.8, 4) is 0 Å². The first kappa shape index (κ1) is 12.8. The van der Waals surface area contributed by atoms with Gasteiger partial charge in [-0.05, 0) is 18.3 Å². The summed E-state index contributed by atoms with van der Waals surface area (Å²) in [5.41, 5.74) is 0.0365. The lowest BCUT2D eigenvalue weighted by Crippen LogP contribution is -2.59. The van der Waals surface area contributed by atoms with Gasteiger partial charge >= 0.3 is 7.25 Å². The fourth-order valence-corrected chi connectivity index (χ4v) is 4.00. The van der Waals surface area contributed by atoms with Gasteiger partial charge in [0, 0.05) is 42.3 Å². The topological polar surface area (TPSA) is 20.1 Å². The summed E-state index contributed by atoms with van der Waals surface area (Å²) in [4.78, 5) is 11.8. The molecular formula is C10H16BF4NO. The average Bonchev–Trinajstić information content (AvgIpc) is 2.09. The number of halogens is 4. The summed E-state index contributed by atoms with van der Waals surface area (Å²) in [7, 11) is -6.00. The Morgan fingerprint density at radius 1 is 1.06 bits per heavy atom. The molecule has 2 heterocycles. The minimum absolute atomic E-state index is 0.0365. The maximum Gasteiger partial charge on any atom is 0.673 e. The second-order valence-electron chi connectivity index (χ2n) is 5.82. The normalized spacial score (nSPS) is 43.4. The lowest BCUT2D eigenvalue weighted by atomic mass is 9.59. The minimum Gasteiger partial charge on any atom is -0.418 e. The van der Waals surface area contributed by atoms with E-state index < -0.39 is 7.25 Å². The van der Waals surface area contributed by atoms with Crippen molar-refractivity contribution >= 4 is 7.25 Å². The maximum absolute atomic E-state index is 11.8. The first-order chi connectivity index (χ1) is 7.67. The smallest absolute Gasteiger partial charge is 0.418 e. The van der Waals surface area contributed by atoms with Gasteiger partial charge in [-0.25, -0.2) is 0 Å². The SMILES string of the molecule is CC12CC3CC(CC(C3)[N+]1=O)C2.F[B-](F)(F)F. The second-order valence-corrected chi connectivity index (χ2v) is 5.82. The molecule has 0 amide bonds. The molecule has 0 radical (unpaired) electrons. The molecule has 2 nitrogen and oxygen atoms in total. The van der Waals surface area contributed by atoms with Gasteiger partial charge in [0.25, 0.3) is 0 Å². The van der Waals surface area contributed by atoms with E-state index in [1.807, 2.05) is 0 Å². The van der Waals surface area contributed by atoms with E-state index >= 15 is 0 Å². The van der Waals surface area contributed by atoms with Gasteiger partial charge < -0.3 is 17.3 Å². The van der Waals surface area contributed by atoms with E-state index in [9.17, 15) is 22.2 Å². The van der Waals surface area contributed by atoms with Crippen molar-refractivity contribution in [3.05, 3.63) is 4.91 Å². The highest BCUT2D eigenvalue weighted by Gasteiger charge is 2.60. The van der Waals surface area contributed by atoms with Crippen molar-refractivity contribution in [2.75, 3.05) is 0 Å². The fraction of sp³-hybridized carbons (Fsp3) is 1.00. The van der Waals surface area contributed by atoms with Gasteiger partial charge in [0.05, 0.1) is 0 Å². The predicted octanol–water partition coefficient (Wildman–Crippen LogP) is 3.42. The molecule has 0 spiro atoms. The Bertz CT molecular complexity index is 313. The van der Waals surface area contributed by atoms with E-state index in [0.717, 1.165) is 11.8 Å². The molecule has 4 aliphatic rings. The summed E-state index contributed by atoms with van der Waals surface area (Å²) in [6.07, 6.45) is 6.14. The Hall–Kier alpha value is -0.615. The Labute approximate surface area is 97.4 Å². The molecule has 7 heteroatoms. The van der Waals surface area contributed by atoms with Crippen molar-refractivity contribution < 1.29 is 22.0 Å². The quantitative estimate of drug-likeness (QED) is 0.368. The molecule has 2 aliphatic heterocycles. The summed E-state index contributed by atoms with van der Waals surface area (Å²) >= 11 is 0. The van der Waals surface area contributed by atoms with Crippen molar-refractivity contribution in [2.24, 2.45) is 11.8 Å². The Kier molecular flexibility index (Phi) is 2.98. The summed E-state index contributed by atoms with van der Waals surface area (Å²) in [5, 5.41) is 0. The molecule has 4 rings (SSSR count). The van der Waals surface area contributed by atoms with Gasteiger partial charge in [0.15, 0.2) is 0 Å². The zero-order chi connectivity index (χ0) is 12.8. The predicted molar refractivity (Wildman–Crippen MR) is 56.1 cm³/mol. The number of rotatable bonds is 0. The molecule has 2 saturated heterocycles. The van der Waals surface area contributed by atoms with Gasteiger partial charge in [-0.1, -0.05) is 0 Å². The largest absolute Gasteiger partial charge is 0.673 e. The average molecular weight is 253 g/mol. The van der Waals surface area contributed by atoms with Crippen LogP contribution < -0.4 is 0 Å². The van der Waals surface area contributed by atoms with Crippen LogP contribution in [-0.2, 0) is 0 Å². The van der Waals surface area contributed by atoms with Gasteiger partial charge in [-0.3, -0.25) is 0 Å². The van der Waals surface area contributed by atoms with Crippen LogP contribution in [0, 0.1) is 16.7 Å². The van der Waals surface area contributed by atoms with E-state index in [0.29, 0.717) is 6.04 Å². The van der Waals surface area contributed by atoms with Crippen LogP contribution in [0.25, 0.3) is 0 Å². The lowest BCUT2D eigenvalue weighted by molar-refractivity contribution is -0.689. The Morgan fingerprint density at radius 2 is 1.47 bits per heavy atom. The standard InChI is InChI=1S/C10H16NO.BF4/c1-10-5-7-2-8(6-10)4-9(3-7)11(10)12;2-1(3,4)5/h7-9H,2-6H2,1H3;/q+1;-1. The molecular weight excluding hydrogens is 237 g/mol. The number of nitroso groups, excluding NO2 is 1. The highest BCUT2D eigenvalue weighted by molar-refractivity contribution is 6.50. The van der Waals surface area contributed by atoms with E-state index in [1.54, 1.807) is 0 Å². The molecule has 2 atom stereocenters. The van der Waals surface area contributed by atoms with E-state index in [2.05, 4.69) is 6.92 Å². The molecule has 2 aliphatic carbocycles. The number of hydrogen-bond donors (Lipinski definition) is 0. The lowest BCUT2D eigenvalue weighted by Gasteiger charge is -2.48. The third-order valence-electron chi connectivity index (χ3n) is 4.20. The highest BCUT2D eigenvalue weighted by Crippen LogP contribution is 2.52. The first-order valence-electron chi connectivity index (χ1n) is 6.01. The third kappa shape index (κ3) is 2.80. The van der Waals surface area contributed by atoms with E-state index in [1.165, 1.54) is 36.9 Å². The molecule has 98 valence electrons. The Morgan fingerprint density at radius 3 is 1.82 bits per heavy atom. The van der Waals surface area contributed by atoms with Crippen LogP contribution in [-0.4, -0.2) is 23.6 Å². The van der Waals surface area contributed by atoms with Crippen LogP contribution in [0.15, 0.2) is 0 Å². The van der Waals surface area contributed by atoms with Crippen LogP contribution in [0.2, 0.25) is 0 Å². The highest BCUT2D eigenvalue weighted by atomic mass is 19.5.